The summed E-state index contributed by atoms with van der Waals surface area (Å²) in [6.45, 7) is 0.687. The summed E-state index contributed by atoms with van der Waals surface area (Å²) >= 11 is 5.68. The number of carbonyl (C=O) groups excluding carboxylic acids is 2. The lowest BCUT2D eigenvalue weighted by Gasteiger charge is -2.18. The molecule has 2 rings (SSSR count). The van der Waals surface area contributed by atoms with Gasteiger partial charge in [-0.3, -0.25) is 19.7 Å². The van der Waals surface area contributed by atoms with Gasteiger partial charge in [-0.25, -0.2) is 4.98 Å². The molecule has 1 aromatic rings. The number of pyridine rings is 1. The topological polar surface area (TPSA) is 105 Å². The maximum Gasteiger partial charge on any atom is 0.300 e. The van der Waals surface area contributed by atoms with Crippen LogP contribution in [0.2, 0.25) is 5.15 Å². The number of amides is 2. The number of nitro groups is 1. The lowest BCUT2D eigenvalue weighted by atomic mass is 10.2. The predicted octanol–water partition coefficient (Wildman–Crippen LogP) is 0.605. The van der Waals surface area contributed by atoms with Crippen molar-refractivity contribution in [1.82, 2.24) is 15.2 Å². The standard InChI is InChI=1S/C11H11ClN4O4/c12-9-4-7(8(5-14-9)16(19)20)11(18)15-3-1-2-13-10(17)6-15/h4-5H,1-3,6H2,(H,13,17). The average Bonchev–Trinajstić information content (AvgIpc) is 2.62. The minimum atomic E-state index is -0.700. The highest BCUT2D eigenvalue weighted by Crippen LogP contribution is 2.22. The van der Waals surface area contributed by atoms with E-state index in [9.17, 15) is 19.7 Å². The van der Waals surface area contributed by atoms with Gasteiger partial charge in [-0.1, -0.05) is 11.6 Å². The molecule has 106 valence electrons. The van der Waals surface area contributed by atoms with Gasteiger partial charge in [0.25, 0.3) is 11.6 Å². The van der Waals surface area contributed by atoms with Crippen LogP contribution < -0.4 is 5.32 Å². The fourth-order valence-electron chi connectivity index (χ4n) is 1.89. The molecule has 1 aliphatic rings. The van der Waals surface area contributed by atoms with E-state index in [1.165, 1.54) is 4.90 Å². The van der Waals surface area contributed by atoms with Gasteiger partial charge in [0.1, 0.15) is 16.9 Å². The Morgan fingerprint density at radius 1 is 1.55 bits per heavy atom. The summed E-state index contributed by atoms with van der Waals surface area (Å²) in [6, 6.07) is 1.14. The van der Waals surface area contributed by atoms with Crippen LogP contribution in [0, 0.1) is 10.1 Å². The first-order valence-corrected chi connectivity index (χ1v) is 6.22. The minimum absolute atomic E-state index is 0.0155. The zero-order valence-electron chi connectivity index (χ0n) is 10.3. The van der Waals surface area contributed by atoms with Crippen molar-refractivity contribution in [3.63, 3.8) is 0 Å². The number of halogens is 1. The Hall–Kier alpha value is -2.22. The third kappa shape index (κ3) is 3.02. The molecule has 1 saturated heterocycles. The van der Waals surface area contributed by atoms with E-state index < -0.39 is 16.5 Å². The van der Waals surface area contributed by atoms with Crippen LogP contribution in [-0.4, -0.2) is 46.3 Å². The van der Waals surface area contributed by atoms with Crippen LogP contribution in [0.3, 0.4) is 0 Å². The highest BCUT2D eigenvalue weighted by Gasteiger charge is 2.27. The summed E-state index contributed by atoms with van der Waals surface area (Å²) in [5, 5.41) is 13.5. The molecule has 1 aliphatic heterocycles. The number of carbonyl (C=O) groups is 2. The Morgan fingerprint density at radius 3 is 3.00 bits per heavy atom. The lowest BCUT2D eigenvalue weighted by Crippen LogP contribution is -2.37. The second kappa shape index (κ2) is 5.83. The fraction of sp³-hybridized carbons (Fsp3) is 0.364. The summed E-state index contributed by atoms with van der Waals surface area (Å²) in [5.74, 6) is -0.892. The number of rotatable bonds is 2. The largest absolute Gasteiger partial charge is 0.354 e. The first-order chi connectivity index (χ1) is 9.49. The van der Waals surface area contributed by atoms with Crippen molar-refractivity contribution in [1.29, 1.82) is 0 Å². The van der Waals surface area contributed by atoms with Crippen LogP contribution in [0.1, 0.15) is 16.8 Å². The quantitative estimate of drug-likeness (QED) is 0.489. The second-order valence-corrected chi connectivity index (χ2v) is 4.60. The SMILES string of the molecule is O=C1CN(C(=O)c2cc(Cl)ncc2[N+](=O)[O-])CCCN1. The van der Waals surface area contributed by atoms with Crippen LogP contribution in [-0.2, 0) is 4.79 Å². The Labute approximate surface area is 118 Å². The van der Waals surface area contributed by atoms with Gasteiger partial charge in [0, 0.05) is 13.1 Å². The van der Waals surface area contributed by atoms with E-state index in [0.717, 1.165) is 12.3 Å². The first kappa shape index (κ1) is 14.2. The maximum atomic E-state index is 12.3. The fourth-order valence-corrected chi connectivity index (χ4v) is 2.05. The van der Waals surface area contributed by atoms with E-state index in [1.807, 2.05) is 0 Å². The Balaban J connectivity index is 2.34. The molecule has 0 saturated carbocycles. The molecule has 1 N–H and O–H groups in total. The average molecular weight is 299 g/mol. The Kier molecular flexibility index (Phi) is 4.14. The zero-order valence-corrected chi connectivity index (χ0v) is 11.1. The van der Waals surface area contributed by atoms with Gasteiger partial charge < -0.3 is 10.2 Å². The van der Waals surface area contributed by atoms with E-state index in [1.54, 1.807) is 0 Å². The number of aromatic nitrogens is 1. The number of nitrogens with zero attached hydrogens (tertiary/aromatic N) is 3. The van der Waals surface area contributed by atoms with Crippen LogP contribution in [0.15, 0.2) is 12.3 Å². The van der Waals surface area contributed by atoms with Gasteiger partial charge >= 0.3 is 0 Å². The third-order valence-corrected chi connectivity index (χ3v) is 3.03. The minimum Gasteiger partial charge on any atom is -0.354 e. The molecule has 0 unspecified atom stereocenters. The molecular formula is C11H11ClN4O4. The molecule has 0 radical (unpaired) electrons. The molecule has 0 spiro atoms. The summed E-state index contributed by atoms with van der Waals surface area (Å²) < 4.78 is 0. The van der Waals surface area contributed by atoms with Gasteiger partial charge in [0.15, 0.2) is 0 Å². The summed E-state index contributed by atoms with van der Waals surface area (Å²) in [7, 11) is 0. The molecule has 2 amide bonds. The molecule has 8 nitrogen and oxygen atoms in total. The molecule has 1 fully saturated rings. The first-order valence-electron chi connectivity index (χ1n) is 5.85. The summed E-state index contributed by atoms with van der Waals surface area (Å²) in [6.07, 6.45) is 1.53. The zero-order chi connectivity index (χ0) is 14.7. The van der Waals surface area contributed by atoms with E-state index in [-0.39, 0.29) is 23.2 Å². The van der Waals surface area contributed by atoms with E-state index in [0.29, 0.717) is 19.5 Å². The molecule has 2 heterocycles. The van der Waals surface area contributed by atoms with Crippen molar-refractivity contribution < 1.29 is 14.5 Å². The molecule has 0 aromatic carbocycles. The van der Waals surface area contributed by atoms with Gasteiger partial charge in [-0.15, -0.1) is 0 Å². The van der Waals surface area contributed by atoms with Crippen LogP contribution in [0.5, 0.6) is 0 Å². The van der Waals surface area contributed by atoms with Crippen molar-refractivity contribution in [3.8, 4) is 0 Å². The summed E-state index contributed by atoms with van der Waals surface area (Å²) in [5.41, 5.74) is -0.589. The Morgan fingerprint density at radius 2 is 2.30 bits per heavy atom. The van der Waals surface area contributed by atoms with E-state index >= 15 is 0 Å². The smallest absolute Gasteiger partial charge is 0.300 e. The van der Waals surface area contributed by atoms with Gasteiger partial charge in [0.05, 0.1) is 11.5 Å². The monoisotopic (exact) mass is 298 g/mol. The van der Waals surface area contributed by atoms with Gasteiger partial charge in [-0.2, -0.15) is 0 Å². The maximum absolute atomic E-state index is 12.3. The molecule has 0 bridgehead atoms. The van der Waals surface area contributed by atoms with Crippen LogP contribution >= 0.6 is 11.6 Å². The highest BCUT2D eigenvalue weighted by molar-refractivity contribution is 6.29. The predicted molar refractivity (Wildman–Crippen MR) is 69.4 cm³/mol. The highest BCUT2D eigenvalue weighted by atomic mass is 35.5. The number of hydrogen-bond donors (Lipinski definition) is 1. The molecule has 20 heavy (non-hydrogen) atoms. The number of hydrogen-bond acceptors (Lipinski definition) is 5. The third-order valence-electron chi connectivity index (χ3n) is 2.83. The second-order valence-electron chi connectivity index (χ2n) is 4.21. The molecule has 9 heteroatoms. The molecule has 0 atom stereocenters. The van der Waals surface area contributed by atoms with Crippen molar-refractivity contribution in [2.24, 2.45) is 0 Å². The summed E-state index contributed by atoms with van der Waals surface area (Å²) in [4.78, 5) is 38.9. The van der Waals surface area contributed by atoms with Crippen molar-refractivity contribution in [2.75, 3.05) is 19.6 Å². The van der Waals surface area contributed by atoms with Crippen molar-refractivity contribution >= 4 is 29.1 Å². The molecule has 1 aromatic heterocycles. The molecule has 0 aliphatic carbocycles. The van der Waals surface area contributed by atoms with Gasteiger partial charge in [0.2, 0.25) is 5.91 Å². The lowest BCUT2D eigenvalue weighted by molar-refractivity contribution is -0.385. The Bertz CT molecular complexity index is 578. The number of nitrogens with one attached hydrogen (secondary N) is 1. The van der Waals surface area contributed by atoms with E-state index in [2.05, 4.69) is 10.3 Å². The van der Waals surface area contributed by atoms with Gasteiger partial charge in [-0.05, 0) is 12.5 Å². The van der Waals surface area contributed by atoms with Crippen LogP contribution in [0.25, 0.3) is 0 Å². The van der Waals surface area contributed by atoms with E-state index in [4.69, 9.17) is 11.6 Å². The van der Waals surface area contributed by atoms with Crippen molar-refractivity contribution in [3.05, 3.63) is 33.1 Å². The normalized spacial score (nSPS) is 15.4. The molecular weight excluding hydrogens is 288 g/mol. The van der Waals surface area contributed by atoms with Crippen molar-refractivity contribution in [2.45, 2.75) is 6.42 Å². The van der Waals surface area contributed by atoms with Crippen LogP contribution in [0.4, 0.5) is 5.69 Å².